The summed E-state index contributed by atoms with van der Waals surface area (Å²) in [5, 5.41) is 0. The minimum Gasteiger partial charge on any atom is -0.425 e. The van der Waals surface area contributed by atoms with Crippen molar-refractivity contribution in [3.63, 3.8) is 0 Å². The van der Waals surface area contributed by atoms with Crippen LogP contribution >= 0.6 is 0 Å². The molecule has 0 aromatic carbocycles. The molecular formula is C5H14O2Si. The van der Waals surface area contributed by atoms with Crippen molar-refractivity contribution in [2.75, 3.05) is 19.9 Å². The zero-order valence-electron chi connectivity index (χ0n) is 5.64. The second-order valence-corrected chi connectivity index (χ2v) is 3.00. The molecule has 0 spiro atoms. The van der Waals surface area contributed by atoms with Gasteiger partial charge in [0.1, 0.15) is 0 Å². The summed E-state index contributed by atoms with van der Waals surface area (Å²) < 4.78 is 10.1. The van der Waals surface area contributed by atoms with Crippen LogP contribution in [0.1, 0.15) is 13.3 Å². The van der Waals surface area contributed by atoms with Crippen LogP contribution < -0.4 is 0 Å². The highest BCUT2D eigenvalue weighted by atomic mass is 28.2. The summed E-state index contributed by atoms with van der Waals surface area (Å²) in [5.41, 5.74) is 0. The maximum Gasteiger partial charge on any atom is 0.186 e. The molecule has 0 aliphatic rings. The third kappa shape index (κ3) is 6.14. The van der Waals surface area contributed by atoms with E-state index in [1.165, 1.54) is 0 Å². The fraction of sp³-hybridized carbons (Fsp3) is 1.00. The van der Waals surface area contributed by atoms with Crippen LogP contribution in [0.15, 0.2) is 0 Å². The van der Waals surface area contributed by atoms with Gasteiger partial charge in [0.15, 0.2) is 9.76 Å². The van der Waals surface area contributed by atoms with Crippen LogP contribution in [-0.4, -0.2) is 29.7 Å². The molecule has 0 saturated carbocycles. The van der Waals surface area contributed by atoms with Crippen molar-refractivity contribution in [2.24, 2.45) is 0 Å². The van der Waals surface area contributed by atoms with Crippen LogP contribution in [0.2, 0.25) is 0 Å². The van der Waals surface area contributed by atoms with E-state index in [4.69, 9.17) is 9.16 Å². The first-order valence-electron chi connectivity index (χ1n) is 2.98. The summed E-state index contributed by atoms with van der Waals surface area (Å²) >= 11 is 0. The van der Waals surface area contributed by atoms with Crippen LogP contribution in [-0.2, 0) is 9.16 Å². The smallest absolute Gasteiger partial charge is 0.186 e. The van der Waals surface area contributed by atoms with Crippen LogP contribution in [0.3, 0.4) is 0 Å². The van der Waals surface area contributed by atoms with Gasteiger partial charge in [0.2, 0.25) is 0 Å². The van der Waals surface area contributed by atoms with E-state index in [1.54, 1.807) is 7.11 Å². The summed E-state index contributed by atoms with van der Waals surface area (Å²) in [6.45, 7) is 2.99. The van der Waals surface area contributed by atoms with Crippen LogP contribution in [0.5, 0.6) is 0 Å². The molecule has 0 atom stereocenters. The lowest BCUT2D eigenvalue weighted by molar-refractivity contribution is 0.168. The van der Waals surface area contributed by atoms with E-state index < -0.39 is 0 Å². The van der Waals surface area contributed by atoms with Crippen molar-refractivity contribution in [1.82, 2.24) is 0 Å². The minimum absolute atomic E-state index is 0.321. The van der Waals surface area contributed by atoms with Gasteiger partial charge in [-0.15, -0.1) is 0 Å². The Morgan fingerprint density at radius 1 is 1.50 bits per heavy atom. The Hall–Kier alpha value is 0.137. The zero-order valence-corrected chi connectivity index (χ0v) is 7.06. The van der Waals surface area contributed by atoms with Gasteiger partial charge in [-0.25, -0.2) is 0 Å². The Kier molecular flexibility index (Phi) is 7.26. The van der Waals surface area contributed by atoms with Gasteiger partial charge in [0.25, 0.3) is 0 Å². The van der Waals surface area contributed by atoms with Gasteiger partial charge in [0.05, 0.1) is 6.23 Å². The fourth-order valence-corrected chi connectivity index (χ4v) is 0.877. The lowest BCUT2D eigenvalue weighted by atomic mass is 10.5. The summed E-state index contributed by atoms with van der Waals surface area (Å²) in [6, 6.07) is 0. The summed E-state index contributed by atoms with van der Waals surface area (Å²) in [4.78, 5) is 0. The Labute approximate surface area is 53.1 Å². The number of rotatable bonds is 5. The molecule has 0 unspecified atom stereocenters. The number of hydrogen-bond acceptors (Lipinski definition) is 2. The summed E-state index contributed by atoms with van der Waals surface area (Å²) in [5.74, 6) is 0. The fourth-order valence-electron chi connectivity index (χ4n) is 0.389. The van der Waals surface area contributed by atoms with Crippen LogP contribution in [0, 0.1) is 0 Å². The second-order valence-electron chi connectivity index (χ2n) is 1.61. The average Bonchev–Trinajstić information content (AvgIpc) is 1.81. The Morgan fingerprint density at radius 3 is 2.75 bits per heavy atom. The highest BCUT2D eigenvalue weighted by molar-refractivity contribution is 6.26. The molecule has 0 bridgehead atoms. The van der Waals surface area contributed by atoms with E-state index in [-0.39, 0.29) is 9.76 Å². The van der Waals surface area contributed by atoms with Crippen molar-refractivity contribution >= 4 is 9.76 Å². The Balaban J connectivity index is 2.53. The molecule has 2 nitrogen and oxygen atoms in total. The zero-order chi connectivity index (χ0) is 6.24. The van der Waals surface area contributed by atoms with E-state index in [1.807, 2.05) is 0 Å². The first-order valence-corrected chi connectivity index (χ1v) is 4.56. The third-order valence-electron chi connectivity index (χ3n) is 0.780. The highest BCUT2D eigenvalue weighted by Crippen LogP contribution is 1.77. The normalized spacial score (nSPS) is 11.2. The van der Waals surface area contributed by atoms with Crippen molar-refractivity contribution in [3.8, 4) is 0 Å². The number of hydrogen-bond donors (Lipinski definition) is 0. The quantitative estimate of drug-likeness (QED) is 0.392. The predicted molar refractivity (Wildman–Crippen MR) is 36.7 cm³/mol. The van der Waals surface area contributed by atoms with E-state index in [2.05, 4.69) is 6.92 Å². The van der Waals surface area contributed by atoms with Gasteiger partial charge >= 0.3 is 0 Å². The van der Waals surface area contributed by atoms with Gasteiger partial charge in [-0.3, -0.25) is 0 Å². The second kappa shape index (κ2) is 7.14. The van der Waals surface area contributed by atoms with Gasteiger partial charge in [0, 0.05) is 13.7 Å². The average molecular weight is 134 g/mol. The molecule has 0 aromatic heterocycles. The summed E-state index contributed by atoms with van der Waals surface area (Å²) in [6.07, 6.45) is 1.97. The highest BCUT2D eigenvalue weighted by Gasteiger charge is 1.83. The SMILES string of the molecule is CCCOC[SiH2]OC. The van der Waals surface area contributed by atoms with Crippen LogP contribution in [0.25, 0.3) is 0 Å². The van der Waals surface area contributed by atoms with Gasteiger partial charge in [-0.2, -0.15) is 0 Å². The molecule has 0 rings (SSSR count). The molecule has 0 N–H and O–H groups in total. The molecule has 0 aromatic rings. The first kappa shape index (κ1) is 8.14. The largest absolute Gasteiger partial charge is 0.425 e. The molecule has 50 valence electrons. The molecule has 0 saturated heterocycles. The maximum atomic E-state index is 5.16. The van der Waals surface area contributed by atoms with E-state index in [9.17, 15) is 0 Å². The molecule has 0 aliphatic carbocycles. The topological polar surface area (TPSA) is 18.5 Å². The molecule has 8 heavy (non-hydrogen) atoms. The van der Waals surface area contributed by atoms with Crippen molar-refractivity contribution in [2.45, 2.75) is 13.3 Å². The Bertz CT molecular complexity index is 35.4. The summed E-state index contributed by atoms with van der Waals surface area (Å²) in [7, 11) is 1.42. The van der Waals surface area contributed by atoms with E-state index in [0.717, 1.165) is 19.3 Å². The molecule has 0 aliphatic heterocycles. The molecular weight excluding hydrogens is 120 g/mol. The number of ether oxygens (including phenoxy) is 1. The van der Waals surface area contributed by atoms with Crippen LogP contribution in [0.4, 0.5) is 0 Å². The van der Waals surface area contributed by atoms with Gasteiger partial charge in [-0.1, -0.05) is 6.92 Å². The molecule has 0 heterocycles. The molecule has 0 amide bonds. The van der Waals surface area contributed by atoms with E-state index >= 15 is 0 Å². The lowest BCUT2D eigenvalue weighted by Gasteiger charge is -1.97. The Morgan fingerprint density at radius 2 is 2.25 bits per heavy atom. The maximum absolute atomic E-state index is 5.16. The monoisotopic (exact) mass is 134 g/mol. The molecule has 3 heteroatoms. The molecule has 0 radical (unpaired) electrons. The molecule has 0 fully saturated rings. The predicted octanol–water partition coefficient (Wildman–Crippen LogP) is 0.101. The van der Waals surface area contributed by atoms with Gasteiger partial charge < -0.3 is 9.16 Å². The van der Waals surface area contributed by atoms with Crippen molar-refractivity contribution < 1.29 is 9.16 Å². The van der Waals surface area contributed by atoms with Crippen molar-refractivity contribution in [1.29, 1.82) is 0 Å². The van der Waals surface area contributed by atoms with E-state index in [0.29, 0.717) is 0 Å². The lowest BCUT2D eigenvalue weighted by Crippen LogP contribution is -2.05. The minimum atomic E-state index is -0.321. The third-order valence-corrected chi connectivity index (χ3v) is 1.64. The van der Waals surface area contributed by atoms with Crippen molar-refractivity contribution in [3.05, 3.63) is 0 Å². The van der Waals surface area contributed by atoms with Gasteiger partial charge in [-0.05, 0) is 6.42 Å². The first-order chi connectivity index (χ1) is 3.91. The standard InChI is InChI=1S/C5H14O2Si/c1-3-4-7-5-8-6-2/h3-5,8H2,1-2H3.